The summed E-state index contributed by atoms with van der Waals surface area (Å²) >= 11 is 6.41. The van der Waals surface area contributed by atoms with E-state index in [4.69, 9.17) is 11.6 Å². The smallest absolute Gasteiger partial charge is 0.196 e. The van der Waals surface area contributed by atoms with Gasteiger partial charge in [-0.05, 0) is 78.8 Å². The third kappa shape index (κ3) is 1.46. The topological polar surface area (TPSA) is 37.3 Å². The van der Waals surface area contributed by atoms with Gasteiger partial charge in [-0.2, -0.15) is 0 Å². The largest absolute Gasteiger partial charge is 0.393 e. The summed E-state index contributed by atoms with van der Waals surface area (Å²) in [5.41, 5.74) is 1.62. The van der Waals surface area contributed by atoms with Crippen molar-refractivity contribution in [3.8, 4) is 0 Å². The van der Waals surface area contributed by atoms with Crippen LogP contribution >= 0.6 is 11.6 Å². The highest BCUT2D eigenvalue weighted by molar-refractivity contribution is 6.45. The lowest BCUT2D eigenvalue weighted by molar-refractivity contribution is -0.112. The molecule has 5 rings (SSSR count). The maximum absolute atomic E-state index is 12.0. The molecule has 0 aromatic carbocycles. The summed E-state index contributed by atoms with van der Waals surface area (Å²) in [6, 6.07) is 0. The number of rotatable bonds is 0. The number of halogens is 1. The van der Waals surface area contributed by atoms with Gasteiger partial charge < -0.3 is 5.11 Å². The average Bonchev–Trinajstić information content (AvgIpc) is 3.17. The highest BCUT2D eigenvalue weighted by Crippen LogP contribution is 2.82. The van der Waals surface area contributed by atoms with Crippen molar-refractivity contribution >= 4 is 17.4 Å². The zero-order valence-electron chi connectivity index (χ0n) is 13.9. The minimum absolute atomic E-state index is 0.0167. The van der Waals surface area contributed by atoms with Crippen LogP contribution in [0.25, 0.3) is 0 Å². The van der Waals surface area contributed by atoms with E-state index in [0.717, 1.165) is 38.0 Å². The number of fused-ring (bicyclic) bond motifs is 3. The molecule has 0 radical (unpaired) electrons. The Balaban J connectivity index is 1.60. The van der Waals surface area contributed by atoms with E-state index in [2.05, 4.69) is 19.9 Å². The van der Waals surface area contributed by atoms with Gasteiger partial charge in [0, 0.05) is 5.41 Å². The van der Waals surface area contributed by atoms with Gasteiger partial charge >= 0.3 is 0 Å². The molecule has 4 saturated carbocycles. The van der Waals surface area contributed by atoms with Gasteiger partial charge in [0.25, 0.3) is 0 Å². The first-order chi connectivity index (χ1) is 10.8. The van der Waals surface area contributed by atoms with E-state index >= 15 is 0 Å². The second-order valence-electron chi connectivity index (χ2n) is 9.17. The molecule has 0 aromatic rings. The Labute approximate surface area is 143 Å². The lowest BCUT2D eigenvalue weighted by Crippen LogP contribution is -2.53. The van der Waals surface area contributed by atoms with E-state index in [-0.39, 0.29) is 22.7 Å². The monoisotopic (exact) mass is 332 g/mol. The van der Waals surface area contributed by atoms with Gasteiger partial charge in [-0.15, -0.1) is 0 Å². The van der Waals surface area contributed by atoms with Gasteiger partial charge in [0.1, 0.15) is 0 Å². The standard InChI is InChI=1S/C20H25ClO2/c1-18-7-6-15(22)17(21)14(18)4-3-13-12(18)5-8-19(2)16(23)9-11-10-20(11,13)19/h6-7,11-13,16,23H,3-5,8-10H2,1-2H3/t11-,12+,13-,16-,18-,19-,20+/m1/s1. The summed E-state index contributed by atoms with van der Waals surface area (Å²) in [6.45, 7) is 4.65. The van der Waals surface area contributed by atoms with Crippen LogP contribution in [0.5, 0.6) is 0 Å². The molecule has 1 N–H and O–H groups in total. The number of carbonyl (C=O) groups excluding carboxylic acids is 1. The highest BCUT2D eigenvalue weighted by Gasteiger charge is 2.77. The van der Waals surface area contributed by atoms with Crippen LogP contribution < -0.4 is 0 Å². The van der Waals surface area contributed by atoms with Crippen molar-refractivity contribution in [3.05, 3.63) is 22.8 Å². The molecule has 1 spiro atoms. The first kappa shape index (κ1) is 14.7. The molecular formula is C20H25ClO2. The summed E-state index contributed by atoms with van der Waals surface area (Å²) in [4.78, 5) is 12.0. The van der Waals surface area contributed by atoms with Gasteiger partial charge in [0.2, 0.25) is 0 Å². The van der Waals surface area contributed by atoms with E-state index in [1.54, 1.807) is 6.08 Å². The van der Waals surface area contributed by atoms with E-state index in [0.29, 0.717) is 22.3 Å². The van der Waals surface area contributed by atoms with Crippen LogP contribution in [0.2, 0.25) is 0 Å². The van der Waals surface area contributed by atoms with E-state index in [9.17, 15) is 9.90 Å². The molecule has 0 amide bonds. The molecule has 0 saturated heterocycles. The van der Waals surface area contributed by atoms with Gasteiger partial charge in [-0.25, -0.2) is 0 Å². The number of carbonyl (C=O) groups is 1. The van der Waals surface area contributed by atoms with Gasteiger partial charge in [-0.3, -0.25) is 4.79 Å². The summed E-state index contributed by atoms with van der Waals surface area (Å²) in [5, 5.41) is 11.1. The molecule has 5 aliphatic carbocycles. The minimum atomic E-state index is -0.112. The Bertz CT molecular complexity index is 679. The zero-order valence-corrected chi connectivity index (χ0v) is 14.7. The first-order valence-corrected chi connectivity index (χ1v) is 9.53. The normalized spacial score (nSPS) is 56.8. The number of aliphatic hydroxyl groups is 1. The Morgan fingerprint density at radius 3 is 2.83 bits per heavy atom. The van der Waals surface area contributed by atoms with E-state index < -0.39 is 0 Å². The maximum Gasteiger partial charge on any atom is 0.196 e. The molecule has 2 nitrogen and oxygen atoms in total. The van der Waals surface area contributed by atoms with E-state index in [1.165, 1.54) is 12.0 Å². The number of ketones is 1. The highest BCUT2D eigenvalue weighted by atomic mass is 35.5. The number of hydrogen-bond acceptors (Lipinski definition) is 2. The Hall–Kier alpha value is -0.600. The molecule has 0 unspecified atom stereocenters. The molecule has 0 heterocycles. The lowest BCUT2D eigenvalue weighted by Gasteiger charge is -2.58. The van der Waals surface area contributed by atoms with Crippen LogP contribution in [-0.4, -0.2) is 17.0 Å². The first-order valence-electron chi connectivity index (χ1n) is 9.15. The van der Waals surface area contributed by atoms with Gasteiger partial charge in [0.05, 0.1) is 11.1 Å². The molecule has 0 aromatic heterocycles. The molecule has 3 heteroatoms. The molecular weight excluding hydrogens is 308 g/mol. The number of allylic oxidation sites excluding steroid dienone is 4. The van der Waals surface area contributed by atoms with Gasteiger partial charge in [0.15, 0.2) is 5.78 Å². The van der Waals surface area contributed by atoms with E-state index in [1.807, 2.05) is 0 Å². The molecule has 124 valence electrons. The van der Waals surface area contributed by atoms with Crippen LogP contribution in [0.1, 0.15) is 52.4 Å². The van der Waals surface area contributed by atoms with Crippen molar-refractivity contribution in [3.63, 3.8) is 0 Å². The Morgan fingerprint density at radius 1 is 1.26 bits per heavy atom. The summed E-state index contributed by atoms with van der Waals surface area (Å²) in [5.74, 6) is 1.97. The van der Waals surface area contributed by atoms with Crippen molar-refractivity contribution in [2.45, 2.75) is 58.5 Å². The second-order valence-corrected chi connectivity index (χ2v) is 9.55. The lowest BCUT2D eigenvalue weighted by atomic mass is 9.46. The van der Waals surface area contributed by atoms with Crippen LogP contribution in [0.4, 0.5) is 0 Å². The van der Waals surface area contributed by atoms with Crippen LogP contribution in [0.15, 0.2) is 22.8 Å². The summed E-state index contributed by atoms with van der Waals surface area (Å²) in [6.07, 6.45) is 10.4. The van der Waals surface area contributed by atoms with Crippen molar-refractivity contribution in [1.29, 1.82) is 0 Å². The Morgan fingerprint density at radius 2 is 2.04 bits per heavy atom. The molecule has 5 aliphatic rings. The zero-order chi connectivity index (χ0) is 16.2. The van der Waals surface area contributed by atoms with Crippen molar-refractivity contribution in [2.24, 2.45) is 34.0 Å². The number of aliphatic hydroxyl groups excluding tert-OH is 1. The maximum atomic E-state index is 12.0. The molecule has 0 aliphatic heterocycles. The van der Waals surface area contributed by atoms with Crippen LogP contribution in [0, 0.1) is 34.0 Å². The fraction of sp³-hybridized carbons (Fsp3) is 0.750. The van der Waals surface area contributed by atoms with Crippen LogP contribution in [0.3, 0.4) is 0 Å². The fourth-order valence-corrected chi connectivity index (χ4v) is 7.85. The van der Waals surface area contributed by atoms with Gasteiger partial charge in [-0.1, -0.05) is 31.5 Å². The molecule has 23 heavy (non-hydrogen) atoms. The Kier molecular flexibility index (Phi) is 2.65. The van der Waals surface area contributed by atoms with Crippen molar-refractivity contribution < 1.29 is 9.90 Å². The molecule has 4 fully saturated rings. The van der Waals surface area contributed by atoms with Crippen molar-refractivity contribution in [2.75, 3.05) is 0 Å². The third-order valence-corrected chi connectivity index (χ3v) is 9.18. The quantitative estimate of drug-likeness (QED) is 0.721. The number of hydrogen-bond donors (Lipinski definition) is 1. The predicted octanol–water partition coefficient (Wildman–Crippen LogP) is 4.22. The average molecular weight is 333 g/mol. The summed E-state index contributed by atoms with van der Waals surface area (Å²) in [7, 11) is 0. The fourth-order valence-electron chi connectivity index (χ4n) is 7.48. The predicted molar refractivity (Wildman–Crippen MR) is 89.9 cm³/mol. The van der Waals surface area contributed by atoms with Crippen LogP contribution in [-0.2, 0) is 4.79 Å². The van der Waals surface area contributed by atoms with Crippen molar-refractivity contribution in [1.82, 2.24) is 0 Å². The third-order valence-electron chi connectivity index (χ3n) is 8.77. The summed E-state index contributed by atoms with van der Waals surface area (Å²) < 4.78 is 0. The molecule has 7 atom stereocenters. The second kappa shape index (κ2) is 4.14. The SMILES string of the molecule is C[C@]12C=CC(=O)C(Cl)=C1CC[C@@H]1[C@@H]2CC[C@]2(C)[C@H](O)C[C@@H]3C[C@]312. The molecule has 0 bridgehead atoms. The minimum Gasteiger partial charge on any atom is -0.393 e.